The lowest BCUT2D eigenvalue weighted by Crippen LogP contribution is -2.40. The van der Waals surface area contributed by atoms with Crippen molar-refractivity contribution in [1.82, 2.24) is 0 Å². The van der Waals surface area contributed by atoms with Crippen molar-refractivity contribution in [2.24, 2.45) is 5.41 Å². The van der Waals surface area contributed by atoms with Gasteiger partial charge in [-0.1, -0.05) is 43.9 Å². The number of benzene rings is 1. The van der Waals surface area contributed by atoms with Crippen LogP contribution in [-0.2, 0) is 10.2 Å². The van der Waals surface area contributed by atoms with Gasteiger partial charge in [0.15, 0.2) is 0 Å². The summed E-state index contributed by atoms with van der Waals surface area (Å²) < 4.78 is 0. The summed E-state index contributed by atoms with van der Waals surface area (Å²) in [6.07, 6.45) is 7.51. The second kappa shape index (κ2) is 4.86. The number of carbonyl (C=O) groups excluding carboxylic acids is 1. The van der Waals surface area contributed by atoms with E-state index in [2.05, 4.69) is 39.0 Å². The highest BCUT2D eigenvalue weighted by Gasteiger charge is 2.49. The molecule has 0 saturated heterocycles. The number of hydrogen-bond donors (Lipinski definition) is 0. The maximum atomic E-state index is 12.9. The number of amides is 1. The normalized spacial score (nSPS) is 27.8. The lowest BCUT2D eigenvalue weighted by atomic mass is 9.64. The molecule has 114 valence electrons. The summed E-state index contributed by atoms with van der Waals surface area (Å²) in [4.78, 5) is 14.8. The topological polar surface area (TPSA) is 20.3 Å². The fraction of sp³-hybridized carbons (Fsp3) is 0.632. The van der Waals surface area contributed by atoms with Gasteiger partial charge in [0.25, 0.3) is 0 Å². The number of rotatable bonds is 2. The zero-order chi connectivity index (χ0) is 15.3. The van der Waals surface area contributed by atoms with E-state index in [1.807, 2.05) is 11.9 Å². The summed E-state index contributed by atoms with van der Waals surface area (Å²) in [7, 11) is 1.92. The van der Waals surface area contributed by atoms with Crippen LogP contribution in [0, 0.1) is 12.3 Å². The Morgan fingerprint density at radius 1 is 1.14 bits per heavy atom. The van der Waals surface area contributed by atoms with Crippen molar-refractivity contribution in [3.8, 4) is 0 Å². The highest BCUT2D eigenvalue weighted by Crippen LogP contribution is 2.51. The van der Waals surface area contributed by atoms with Gasteiger partial charge >= 0.3 is 0 Å². The van der Waals surface area contributed by atoms with Gasteiger partial charge in [-0.15, -0.1) is 0 Å². The van der Waals surface area contributed by atoms with Gasteiger partial charge < -0.3 is 4.90 Å². The average molecular weight is 285 g/mol. The molecular formula is C19H27NO. The summed E-state index contributed by atoms with van der Waals surface area (Å²) >= 11 is 0. The molecule has 0 bridgehead atoms. The van der Waals surface area contributed by atoms with Gasteiger partial charge in [0.1, 0.15) is 0 Å². The Kier molecular flexibility index (Phi) is 3.38. The van der Waals surface area contributed by atoms with Crippen molar-refractivity contribution in [3.63, 3.8) is 0 Å². The fourth-order valence-electron chi connectivity index (χ4n) is 4.59. The molecule has 0 aromatic heterocycles. The molecule has 1 unspecified atom stereocenters. The van der Waals surface area contributed by atoms with Crippen molar-refractivity contribution in [2.75, 3.05) is 11.9 Å². The minimum Gasteiger partial charge on any atom is -0.314 e. The van der Waals surface area contributed by atoms with E-state index in [1.54, 1.807) is 0 Å². The van der Waals surface area contributed by atoms with E-state index in [9.17, 15) is 4.79 Å². The van der Waals surface area contributed by atoms with Gasteiger partial charge in [-0.25, -0.2) is 0 Å². The molecule has 2 heteroatoms. The summed E-state index contributed by atoms with van der Waals surface area (Å²) in [6, 6.07) is 6.44. The molecule has 0 spiro atoms. The predicted molar refractivity (Wildman–Crippen MR) is 87.8 cm³/mol. The largest absolute Gasteiger partial charge is 0.314 e. The van der Waals surface area contributed by atoms with Gasteiger partial charge in [-0.2, -0.15) is 0 Å². The Bertz CT molecular complexity index is 571. The third kappa shape index (κ3) is 2.29. The number of nitrogens with zero attached hydrogens (tertiary/aromatic N) is 1. The maximum absolute atomic E-state index is 12.9. The molecule has 1 aliphatic carbocycles. The number of aryl methyl sites for hydroxylation is 1. The number of carbonyl (C=O) groups is 1. The van der Waals surface area contributed by atoms with Crippen LogP contribution in [0.4, 0.5) is 5.69 Å². The van der Waals surface area contributed by atoms with Gasteiger partial charge in [0.2, 0.25) is 5.91 Å². The summed E-state index contributed by atoms with van der Waals surface area (Å²) in [5.74, 6) is 0.273. The predicted octanol–water partition coefficient (Wildman–Crippen LogP) is 4.59. The van der Waals surface area contributed by atoms with Crippen LogP contribution in [0.25, 0.3) is 0 Å². The van der Waals surface area contributed by atoms with Crippen molar-refractivity contribution in [2.45, 2.75) is 64.7 Å². The molecule has 1 atom stereocenters. The Balaban J connectivity index is 2.00. The zero-order valence-corrected chi connectivity index (χ0v) is 13.8. The van der Waals surface area contributed by atoms with E-state index in [4.69, 9.17) is 0 Å². The Morgan fingerprint density at radius 2 is 1.81 bits per heavy atom. The van der Waals surface area contributed by atoms with E-state index in [0.717, 1.165) is 12.1 Å². The van der Waals surface area contributed by atoms with Crippen LogP contribution in [0.1, 0.15) is 63.5 Å². The highest BCUT2D eigenvalue weighted by atomic mass is 16.2. The van der Waals surface area contributed by atoms with E-state index < -0.39 is 0 Å². The first-order valence-electron chi connectivity index (χ1n) is 8.25. The van der Waals surface area contributed by atoms with E-state index in [-0.39, 0.29) is 11.3 Å². The second-order valence-corrected chi connectivity index (χ2v) is 7.76. The first-order chi connectivity index (χ1) is 9.86. The average Bonchev–Trinajstić information content (AvgIpc) is 2.61. The summed E-state index contributed by atoms with van der Waals surface area (Å²) in [6.45, 7) is 6.67. The monoisotopic (exact) mass is 285 g/mol. The first-order valence-corrected chi connectivity index (χ1v) is 8.25. The smallest absolute Gasteiger partial charge is 0.237 e. The molecule has 1 heterocycles. The van der Waals surface area contributed by atoms with E-state index in [1.165, 1.54) is 43.2 Å². The SMILES string of the molecule is Cc1ccc2c(c1)C(C)(CC1(C)CCCCC1)C(=O)N2C. The number of hydrogen-bond acceptors (Lipinski definition) is 1. The molecule has 1 saturated carbocycles. The van der Waals surface area contributed by atoms with Crippen LogP contribution >= 0.6 is 0 Å². The van der Waals surface area contributed by atoms with Crippen molar-refractivity contribution in [1.29, 1.82) is 0 Å². The maximum Gasteiger partial charge on any atom is 0.237 e. The summed E-state index contributed by atoms with van der Waals surface area (Å²) in [5, 5.41) is 0. The minimum atomic E-state index is -0.345. The first kappa shape index (κ1) is 14.6. The quantitative estimate of drug-likeness (QED) is 0.778. The fourth-order valence-corrected chi connectivity index (χ4v) is 4.59. The highest BCUT2D eigenvalue weighted by molar-refractivity contribution is 6.07. The molecule has 1 aromatic carbocycles. The Morgan fingerprint density at radius 3 is 2.48 bits per heavy atom. The molecule has 0 radical (unpaired) electrons. The third-order valence-electron chi connectivity index (χ3n) is 5.73. The number of anilines is 1. The molecule has 1 fully saturated rings. The molecule has 1 aliphatic heterocycles. The molecule has 3 rings (SSSR count). The van der Waals surface area contributed by atoms with E-state index >= 15 is 0 Å². The Hall–Kier alpha value is -1.31. The molecular weight excluding hydrogens is 258 g/mol. The second-order valence-electron chi connectivity index (χ2n) is 7.76. The Labute approximate surface area is 128 Å². The van der Waals surface area contributed by atoms with Crippen molar-refractivity contribution in [3.05, 3.63) is 29.3 Å². The third-order valence-corrected chi connectivity index (χ3v) is 5.73. The van der Waals surface area contributed by atoms with Crippen molar-refractivity contribution >= 4 is 11.6 Å². The van der Waals surface area contributed by atoms with E-state index in [0.29, 0.717) is 5.41 Å². The molecule has 1 amide bonds. The lowest BCUT2D eigenvalue weighted by Gasteiger charge is -2.39. The van der Waals surface area contributed by atoms with Crippen LogP contribution in [0.15, 0.2) is 18.2 Å². The molecule has 2 nitrogen and oxygen atoms in total. The van der Waals surface area contributed by atoms with Gasteiger partial charge in [0, 0.05) is 12.7 Å². The van der Waals surface area contributed by atoms with Crippen LogP contribution in [-0.4, -0.2) is 13.0 Å². The molecule has 2 aliphatic rings. The zero-order valence-electron chi connectivity index (χ0n) is 13.8. The van der Waals surface area contributed by atoms with Gasteiger partial charge in [-0.3, -0.25) is 4.79 Å². The molecule has 21 heavy (non-hydrogen) atoms. The lowest BCUT2D eigenvalue weighted by molar-refractivity contribution is -0.123. The van der Waals surface area contributed by atoms with Crippen LogP contribution in [0.3, 0.4) is 0 Å². The van der Waals surface area contributed by atoms with Crippen LogP contribution in [0.2, 0.25) is 0 Å². The van der Waals surface area contributed by atoms with Crippen LogP contribution < -0.4 is 4.90 Å². The molecule has 1 aromatic rings. The van der Waals surface area contributed by atoms with Gasteiger partial charge in [0.05, 0.1) is 5.41 Å². The number of fused-ring (bicyclic) bond motifs is 1. The minimum absolute atomic E-state index is 0.273. The standard InChI is InChI=1S/C19H27NO/c1-14-8-9-16-15(12-14)19(3,17(21)20(16)4)13-18(2)10-6-5-7-11-18/h8-9,12H,5-7,10-11,13H2,1-4H3. The van der Waals surface area contributed by atoms with Crippen molar-refractivity contribution < 1.29 is 4.79 Å². The molecule has 0 N–H and O–H groups in total. The van der Waals surface area contributed by atoms with Gasteiger partial charge in [-0.05, 0) is 50.2 Å². The summed E-state index contributed by atoms with van der Waals surface area (Å²) in [5.41, 5.74) is 3.56. The number of likely N-dealkylation sites (N-methyl/N-ethyl adjacent to an activating group) is 1. The van der Waals surface area contributed by atoms with Crippen LogP contribution in [0.5, 0.6) is 0 Å².